The number of methoxy groups -OCH3 is 1. The molecular weight excluding hydrogens is 294 g/mol. The molecule has 3 rings (SSSR count). The molecule has 110 valence electrons. The van der Waals surface area contributed by atoms with Gasteiger partial charge in [-0.3, -0.25) is 0 Å². The Hall–Kier alpha value is -1.92. The van der Waals surface area contributed by atoms with Crippen LogP contribution in [0.5, 0.6) is 0 Å². The third-order valence-corrected chi connectivity index (χ3v) is 3.69. The molecular formula is C14H14ClN3O3. The first-order valence-corrected chi connectivity index (χ1v) is 6.95. The summed E-state index contributed by atoms with van der Waals surface area (Å²) >= 11 is 5.92. The minimum atomic E-state index is -0.509. The first-order valence-electron chi connectivity index (χ1n) is 6.58. The van der Waals surface area contributed by atoms with Crippen molar-refractivity contribution in [1.29, 1.82) is 0 Å². The van der Waals surface area contributed by atoms with Crippen LogP contribution in [-0.2, 0) is 9.47 Å². The Balaban J connectivity index is 2.11. The lowest BCUT2D eigenvalue weighted by atomic mass is 10.1. The number of aromatic nitrogens is 3. The summed E-state index contributed by atoms with van der Waals surface area (Å²) < 4.78 is 11.9. The van der Waals surface area contributed by atoms with E-state index in [1.807, 2.05) is 12.1 Å². The molecule has 1 aliphatic rings. The van der Waals surface area contributed by atoms with E-state index in [0.29, 0.717) is 23.9 Å². The van der Waals surface area contributed by atoms with Crippen molar-refractivity contribution >= 4 is 17.6 Å². The zero-order valence-corrected chi connectivity index (χ0v) is 12.2. The summed E-state index contributed by atoms with van der Waals surface area (Å²) in [5, 5.41) is 8.73. The molecule has 1 saturated heterocycles. The van der Waals surface area contributed by atoms with Crippen molar-refractivity contribution in [2.45, 2.75) is 12.5 Å². The fourth-order valence-corrected chi connectivity index (χ4v) is 2.50. The highest BCUT2D eigenvalue weighted by Gasteiger charge is 2.28. The molecule has 0 N–H and O–H groups in total. The van der Waals surface area contributed by atoms with E-state index in [1.165, 1.54) is 7.11 Å². The fourth-order valence-electron chi connectivity index (χ4n) is 2.37. The zero-order chi connectivity index (χ0) is 14.8. The quantitative estimate of drug-likeness (QED) is 0.814. The van der Waals surface area contributed by atoms with Crippen LogP contribution in [0, 0.1) is 0 Å². The number of esters is 1. The van der Waals surface area contributed by atoms with Gasteiger partial charge in [-0.15, -0.1) is 5.10 Å². The molecule has 0 amide bonds. The molecule has 0 saturated carbocycles. The summed E-state index contributed by atoms with van der Waals surface area (Å²) in [5.41, 5.74) is 1.65. The van der Waals surface area contributed by atoms with Crippen LogP contribution in [0.1, 0.15) is 23.0 Å². The second-order valence-electron chi connectivity index (χ2n) is 4.75. The predicted molar refractivity (Wildman–Crippen MR) is 76.3 cm³/mol. The average molecular weight is 308 g/mol. The Kier molecular flexibility index (Phi) is 3.90. The van der Waals surface area contributed by atoms with Gasteiger partial charge in [0, 0.05) is 17.2 Å². The maximum Gasteiger partial charge on any atom is 0.360 e. The van der Waals surface area contributed by atoms with E-state index in [9.17, 15) is 4.79 Å². The number of hydrogen-bond donors (Lipinski definition) is 0. The van der Waals surface area contributed by atoms with Crippen molar-refractivity contribution in [1.82, 2.24) is 15.0 Å². The topological polar surface area (TPSA) is 66.2 Å². The number of ether oxygens (including phenoxy) is 2. The van der Waals surface area contributed by atoms with Gasteiger partial charge in [0.25, 0.3) is 0 Å². The number of halogens is 1. The van der Waals surface area contributed by atoms with Crippen molar-refractivity contribution in [3.8, 4) is 11.3 Å². The van der Waals surface area contributed by atoms with Gasteiger partial charge in [-0.2, -0.15) is 0 Å². The van der Waals surface area contributed by atoms with Crippen LogP contribution < -0.4 is 0 Å². The fraction of sp³-hybridized carbons (Fsp3) is 0.357. The molecule has 6 nitrogen and oxygen atoms in total. The minimum absolute atomic E-state index is 0.0709. The Bertz CT molecular complexity index is 648. The average Bonchev–Trinajstić information content (AvgIpc) is 3.16. The maximum atomic E-state index is 11.9. The van der Waals surface area contributed by atoms with Crippen LogP contribution in [0.25, 0.3) is 11.3 Å². The van der Waals surface area contributed by atoms with Gasteiger partial charge < -0.3 is 9.47 Å². The van der Waals surface area contributed by atoms with E-state index in [4.69, 9.17) is 21.1 Å². The summed E-state index contributed by atoms with van der Waals surface area (Å²) in [6, 6.07) is 7.27. The van der Waals surface area contributed by atoms with E-state index in [-0.39, 0.29) is 11.7 Å². The predicted octanol–water partition coefficient (Wildman–Crippen LogP) is 2.35. The van der Waals surface area contributed by atoms with Crippen LogP contribution in [0.15, 0.2) is 24.3 Å². The lowest BCUT2D eigenvalue weighted by molar-refractivity contribution is 0.0595. The van der Waals surface area contributed by atoms with Crippen molar-refractivity contribution in [2.24, 2.45) is 0 Å². The Morgan fingerprint density at radius 3 is 2.81 bits per heavy atom. The molecule has 1 fully saturated rings. The normalized spacial score (nSPS) is 17.9. The first-order chi connectivity index (χ1) is 10.2. The van der Waals surface area contributed by atoms with Gasteiger partial charge in [0.2, 0.25) is 0 Å². The van der Waals surface area contributed by atoms with Gasteiger partial charge in [-0.05, 0) is 18.6 Å². The van der Waals surface area contributed by atoms with Gasteiger partial charge in [0.1, 0.15) is 5.69 Å². The van der Waals surface area contributed by atoms with E-state index < -0.39 is 5.97 Å². The molecule has 21 heavy (non-hydrogen) atoms. The largest absolute Gasteiger partial charge is 0.464 e. The molecule has 1 aromatic carbocycles. The number of hydrogen-bond acceptors (Lipinski definition) is 5. The molecule has 2 aromatic rings. The Morgan fingerprint density at radius 2 is 2.19 bits per heavy atom. The highest BCUT2D eigenvalue weighted by Crippen LogP contribution is 2.29. The van der Waals surface area contributed by atoms with Gasteiger partial charge in [0.15, 0.2) is 5.69 Å². The van der Waals surface area contributed by atoms with E-state index in [1.54, 1.807) is 16.8 Å². The van der Waals surface area contributed by atoms with Gasteiger partial charge in [0.05, 0.1) is 19.8 Å². The van der Waals surface area contributed by atoms with Crippen LogP contribution in [-0.4, -0.2) is 41.3 Å². The highest BCUT2D eigenvalue weighted by molar-refractivity contribution is 6.30. The van der Waals surface area contributed by atoms with Crippen molar-refractivity contribution in [2.75, 3.05) is 20.3 Å². The molecule has 0 aliphatic carbocycles. The molecule has 1 aromatic heterocycles. The van der Waals surface area contributed by atoms with Gasteiger partial charge in [-0.1, -0.05) is 28.9 Å². The summed E-state index contributed by atoms with van der Waals surface area (Å²) in [7, 11) is 1.33. The van der Waals surface area contributed by atoms with Crippen molar-refractivity contribution in [3.63, 3.8) is 0 Å². The van der Waals surface area contributed by atoms with E-state index in [2.05, 4.69) is 10.3 Å². The summed E-state index contributed by atoms with van der Waals surface area (Å²) in [5.74, 6) is -0.509. The lowest BCUT2D eigenvalue weighted by Crippen LogP contribution is -2.13. The smallest absolute Gasteiger partial charge is 0.360 e. The van der Waals surface area contributed by atoms with Gasteiger partial charge >= 0.3 is 5.97 Å². The summed E-state index contributed by atoms with van der Waals surface area (Å²) in [4.78, 5) is 11.9. The standard InChI is InChI=1S/C14H14ClN3O3/c1-20-14(19)12-13(9-2-4-10(15)5-3-9)18(17-16-12)11-6-7-21-8-11/h2-5,11H,6-8H2,1H3. The van der Waals surface area contributed by atoms with Crippen LogP contribution in [0.2, 0.25) is 5.02 Å². The van der Waals surface area contributed by atoms with Crippen molar-refractivity contribution < 1.29 is 14.3 Å². The maximum absolute atomic E-state index is 11.9. The van der Waals surface area contributed by atoms with Crippen molar-refractivity contribution in [3.05, 3.63) is 35.0 Å². The second-order valence-corrected chi connectivity index (χ2v) is 5.18. The number of carbonyl (C=O) groups is 1. The molecule has 0 bridgehead atoms. The monoisotopic (exact) mass is 307 g/mol. The van der Waals surface area contributed by atoms with Crippen LogP contribution >= 0.6 is 11.6 Å². The van der Waals surface area contributed by atoms with E-state index in [0.717, 1.165) is 12.0 Å². The third kappa shape index (κ3) is 2.64. The number of rotatable bonds is 3. The molecule has 2 heterocycles. The molecule has 1 atom stereocenters. The third-order valence-electron chi connectivity index (χ3n) is 3.44. The first kappa shape index (κ1) is 14.0. The lowest BCUT2D eigenvalue weighted by Gasteiger charge is -2.12. The molecule has 0 spiro atoms. The zero-order valence-electron chi connectivity index (χ0n) is 11.5. The van der Waals surface area contributed by atoms with E-state index >= 15 is 0 Å². The highest BCUT2D eigenvalue weighted by atomic mass is 35.5. The summed E-state index contributed by atoms with van der Waals surface area (Å²) in [6.45, 7) is 1.24. The Labute approximate surface area is 126 Å². The van der Waals surface area contributed by atoms with Gasteiger partial charge in [-0.25, -0.2) is 9.48 Å². The number of carbonyl (C=O) groups excluding carboxylic acids is 1. The molecule has 0 radical (unpaired) electrons. The van der Waals surface area contributed by atoms with Crippen LogP contribution in [0.3, 0.4) is 0 Å². The SMILES string of the molecule is COC(=O)c1nnn(C2CCOC2)c1-c1ccc(Cl)cc1. The molecule has 1 aliphatic heterocycles. The summed E-state index contributed by atoms with van der Waals surface area (Å²) in [6.07, 6.45) is 0.838. The van der Waals surface area contributed by atoms with Crippen LogP contribution in [0.4, 0.5) is 0 Å². The molecule has 1 unspecified atom stereocenters. The number of nitrogens with zero attached hydrogens (tertiary/aromatic N) is 3. The Morgan fingerprint density at radius 1 is 1.43 bits per heavy atom. The molecule has 7 heteroatoms. The number of benzene rings is 1. The minimum Gasteiger partial charge on any atom is -0.464 e. The second kappa shape index (κ2) is 5.83.